The molecule has 6 N–H and O–H groups in total. The van der Waals surface area contributed by atoms with Gasteiger partial charge in [-0.25, -0.2) is 5.90 Å². The van der Waals surface area contributed by atoms with Crippen LogP contribution in [0.15, 0.2) is 0 Å². The highest BCUT2D eigenvalue weighted by Crippen LogP contribution is 1.98. The van der Waals surface area contributed by atoms with E-state index in [4.69, 9.17) is 78.9 Å². The minimum atomic E-state index is -0.289. The summed E-state index contributed by atoms with van der Waals surface area (Å²) in [5, 5.41) is 0. The summed E-state index contributed by atoms with van der Waals surface area (Å²) in [4.78, 5) is 4.34. The van der Waals surface area contributed by atoms with E-state index >= 15 is 0 Å². The van der Waals surface area contributed by atoms with Crippen LogP contribution in [0.5, 0.6) is 0 Å². The van der Waals surface area contributed by atoms with Crippen LogP contribution >= 0.6 is 0 Å². The first-order chi connectivity index (χ1) is 24.0. The van der Waals surface area contributed by atoms with Crippen molar-refractivity contribution in [3.05, 3.63) is 0 Å². The molecule has 0 bridgehead atoms. The first kappa shape index (κ1) is 52.7. The van der Waals surface area contributed by atoms with Gasteiger partial charge in [-0.05, 0) is 41.5 Å². The maximum absolute atomic E-state index is 5.39. The topological polar surface area (TPSA) is 207 Å². The Morgan fingerprint density at radius 2 is 0.551 bits per heavy atom. The Kier molecular flexibility index (Phi) is 53.1. The molecule has 0 aliphatic heterocycles. The standard InChI is InChI=1S/C12H27NO5.C10H23NO5.C10H23NO4/c1-3-17-12(18-4-2)11-16-10-9-15-8-7-14-6-5-13;1-3-14-10(15-4-2)9-13-6-5-12-7-8-16-11;1-3-14-10(15-4-2)9-13-8-7-12-6-5-11/h12H,3-11,13H2,1-2H3;10H,3-9,11H2,1-2H3;10H,3-9,11H2,1-2H3. The lowest BCUT2D eigenvalue weighted by Crippen LogP contribution is -2.24. The van der Waals surface area contributed by atoms with Gasteiger partial charge in [0, 0.05) is 52.7 Å². The Bertz CT molecular complexity index is 547. The summed E-state index contributed by atoms with van der Waals surface area (Å²) in [6, 6.07) is 0. The first-order valence-corrected chi connectivity index (χ1v) is 17.5. The minimum Gasteiger partial charge on any atom is -0.378 e. The molecule has 0 aliphatic rings. The summed E-state index contributed by atoms with van der Waals surface area (Å²) >= 11 is 0. The molecule has 0 saturated heterocycles. The predicted molar refractivity (Wildman–Crippen MR) is 185 cm³/mol. The quantitative estimate of drug-likeness (QED) is 0.0466. The molecule has 0 aliphatic carbocycles. The monoisotopic (exact) mass is 724 g/mol. The van der Waals surface area contributed by atoms with E-state index in [1.807, 2.05) is 41.5 Å². The van der Waals surface area contributed by atoms with Crippen molar-refractivity contribution in [2.45, 2.75) is 60.4 Å². The molecule has 49 heavy (non-hydrogen) atoms. The second-order valence-corrected chi connectivity index (χ2v) is 9.14. The fraction of sp³-hybridized carbons (Fsp3) is 1.00. The van der Waals surface area contributed by atoms with Crippen LogP contribution in [0.2, 0.25) is 0 Å². The first-order valence-electron chi connectivity index (χ1n) is 17.5. The van der Waals surface area contributed by atoms with Crippen molar-refractivity contribution in [3.63, 3.8) is 0 Å². The van der Waals surface area contributed by atoms with Crippen molar-refractivity contribution >= 4 is 0 Å². The molecule has 0 aromatic carbocycles. The SMILES string of the molecule is CCOC(COCCOCCN)OCC.CCOC(COCCOCCOCCN)OCC.CCOC(COCCOCCON)OCC. The number of ether oxygens (including phenoxy) is 13. The second kappa shape index (κ2) is 49.4. The van der Waals surface area contributed by atoms with Crippen molar-refractivity contribution in [2.24, 2.45) is 17.4 Å². The Labute approximate surface area is 296 Å². The second-order valence-electron chi connectivity index (χ2n) is 9.14. The van der Waals surface area contributed by atoms with E-state index in [2.05, 4.69) is 4.84 Å². The molecular weight excluding hydrogens is 650 g/mol. The summed E-state index contributed by atoms with van der Waals surface area (Å²) in [7, 11) is 0. The predicted octanol–water partition coefficient (Wildman–Crippen LogP) is 1.08. The van der Waals surface area contributed by atoms with E-state index in [1.165, 1.54) is 0 Å². The number of rotatable bonds is 37. The molecule has 0 aromatic rings. The van der Waals surface area contributed by atoms with E-state index in [1.54, 1.807) is 0 Å². The van der Waals surface area contributed by atoms with Gasteiger partial charge in [-0.2, -0.15) is 0 Å². The van der Waals surface area contributed by atoms with E-state index in [0.29, 0.717) is 152 Å². The Balaban J connectivity index is -0.000000651. The van der Waals surface area contributed by atoms with Crippen molar-refractivity contribution in [1.29, 1.82) is 0 Å². The summed E-state index contributed by atoms with van der Waals surface area (Å²) in [5.41, 5.74) is 10.5. The van der Waals surface area contributed by atoms with Crippen LogP contribution in [0.25, 0.3) is 0 Å². The fourth-order valence-corrected chi connectivity index (χ4v) is 3.24. The van der Waals surface area contributed by atoms with Crippen molar-refractivity contribution in [1.82, 2.24) is 0 Å². The van der Waals surface area contributed by atoms with Gasteiger partial charge in [-0.1, -0.05) is 0 Å². The minimum absolute atomic E-state index is 0.269. The molecule has 17 heteroatoms. The molecule has 0 radical (unpaired) electrons. The third-order valence-electron chi connectivity index (χ3n) is 5.24. The molecule has 300 valence electrons. The molecule has 0 atom stereocenters. The lowest BCUT2D eigenvalue weighted by Gasteiger charge is -2.16. The van der Waals surface area contributed by atoms with Crippen LogP contribution < -0.4 is 17.4 Å². The summed E-state index contributed by atoms with van der Waals surface area (Å²) in [5.74, 6) is 4.83. The number of nitrogens with two attached hydrogens (primary N) is 3. The third kappa shape index (κ3) is 47.3. The molecule has 0 heterocycles. The maximum atomic E-state index is 5.39. The van der Waals surface area contributed by atoms with Gasteiger partial charge in [-0.15, -0.1) is 0 Å². The molecule has 0 spiro atoms. The van der Waals surface area contributed by atoms with Gasteiger partial charge in [0.05, 0.1) is 99.1 Å². The normalized spacial score (nSPS) is 11.3. The third-order valence-corrected chi connectivity index (χ3v) is 5.24. The van der Waals surface area contributed by atoms with Crippen molar-refractivity contribution < 1.29 is 66.4 Å². The number of hydrogen-bond acceptors (Lipinski definition) is 17. The van der Waals surface area contributed by atoms with Crippen LogP contribution in [0.3, 0.4) is 0 Å². The zero-order valence-corrected chi connectivity index (χ0v) is 31.4. The molecular formula is C32H73N3O14. The smallest absolute Gasteiger partial charge is 0.180 e. The van der Waals surface area contributed by atoms with Gasteiger partial charge >= 0.3 is 0 Å². The highest BCUT2D eigenvalue weighted by atomic mass is 16.7. The lowest BCUT2D eigenvalue weighted by molar-refractivity contribution is -0.169. The van der Waals surface area contributed by atoms with Gasteiger partial charge in [0.2, 0.25) is 0 Å². The summed E-state index contributed by atoms with van der Waals surface area (Å²) in [6.45, 7) is 23.9. The number of hydrogen-bond donors (Lipinski definition) is 3. The van der Waals surface area contributed by atoms with Gasteiger partial charge in [-0.3, -0.25) is 0 Å². The Hall–Kier alpha value is -0.680. The Morgan fingerprint density at radius 1 is 0.327 bits per heavy atom. The van der Waals surface area contributed by atoms with Crippen LogP contribution in [0.4, 0.5) is 0 Å². The molecule has 0 fully saturated rings. The van der Waals surface area contributed by atoms with Gasteiger partial charge in [0.15, 0.2) is 18.9 Å². The molecule has 17 nitrogen and oxygen atoms in total. The molecule has 0 rings (SSSR count). The summed E-state index contributed by atoms with van der Waals surface area (Å²) < 4.78 is 68.7. The largest absolute Gasteiger partial charge is 0.378 e. The zero-order valence-electron chi connectivity index (χ0n) is 31.4. The van der Waals surface area contributed by atoms with E-state index in [0.717, 1.165) is 0 Å². The van der Waals surface area contributed by atoms with Crippen molar-refractivity contribution in [3.8, 4) is 0 Å². The molecule has 0 aromatic heterocycles. The molecule has 0 amide bonds. The van der Waals surface area contributed by atoms with Gasteiger partial charge < -0.3 is 77.9 Å². The molecule has 0 saturated carbocycles. The van der Waals surface area contributed by atoms with E-state index < -0.39 is 0 Å². The highest BCUT2D eigenvalue weighted by molar-refractivity contribution is 4.44. The zero-order chi connectivity index (χ0) is 36.9. The average molecular weight is 724 g/mol. The van der Waals surface area contributed by atoms with Gasteiger partial charge in [0.25, 0.3) is 0 Å². The van der Waals surface area contributed by atoms with Crippen LogP contribution in [0.1, 0.15) is 41.5 Å². The summed E-state index contributed by atoms with van der Waals surface area (Å²) in [6.07, 6.45) is -0.843. The van der Waals surface area contributed by atoms with Crippen LogP contribution in [-0.2, 0) is 66.4 Å². The van der Waals surface area contributed by atoms with Crippen LogP contribution in [0, 0.1) is 0 Å². The van der Waals surface area contributed by atoms with Crippen LogP contribution in [-0.4, -0.2) is 171 Å². The maximum Gasteiger partial charge on any atom is 0.180 e. The molecule has 0 unspecified atom stereocenters. The van der Waals surface area contributed by atoms with Crippen molar-refractivity contribution in [2.75, 3.05) is 152 Å². The lowest BCUT2D eigenvalue weighted by atomic mass is 10.6. The highest BCUT2D eigenvalue weighted by Gasteiger charge is 2.09. The average Bonchev–Trinajstić information content (AvgIpc) is 3.09. The fourth-order valence-electron chi connectivity index (χ4n) is 3.24. The van der Waals surface area contributed by atoms with E-state index in [9.17, 15) is 0 Å². The Morgan fingerprint density at radius 3 is 0.776 bits per heavy atom. The van der Waals surface area contributed by atoms with E-state index in [-0.39, 0.29) is 18.9 Å². The van der Waals surface area contributed by atoms with Gasteiger partial charge in [0.1, 0.15) is 0 Å².